The second kappa shape index (κ2) is 7.25. The number of esters is 1. The van der Waals surface area contributed by atoms with E-state index < -0.39 is 17.9 Å². The molecule has 116 valence electrons. The topological polar surface area (TPSA) is 55.8 Å². The van der Waals surface area contributed by atoms with E-state index in [0.717, 1.165) is 18.4 Å². The number of methoxy groups -OCH3 is 1. The van der Waals surface area contributed by atoms with E-state index >= 15 is 0 Å². The second-order valence-electron chi connectivity index (χ2n) is 5.41. The van der Waals surface area contributed by atoms with Gasteiger partial charge >= 0.3 is 5.97 Å². The molecular weight excluding hydrogens is 292 g/mol. The largest absolute Gasteiger partial charge is 0.467 e. The van der Waals surface area contributed by atoms with Crippen molar-refractivity contribution in [1.29, 1.82) is 0 Å². The first-order chi connectivity index (χ1) is 10.0. The van der Waals surface area contributed by atoms with Gasteiger partial charge in [-0.3, -0.25) is 0 Å². The lowest BCUT2D eigenvalue weighted by Crippen LogP contribution is -2.38. The second-order valence-corrected chi connectivity index (χ2v) is 5.82. The van der Waals surface area contributed by atoms with Crippen molar-refractivity contribution in [2.75, 3.05) is 7.11 Å². The van der Waals surface area contributed by atoms with Gasteiger partial charge in [-0.05, 0) is 37.3 Å². The summed E-state index contributed by atoms with van der Waals surface area (Å²) in [4.78, 5) is 11.9. The highest BCUT2D eigenvalue weighted by atomic mass is 35.5. The molecule has 2 rings (SSSR count). The number of aryl methyl sites for hydroxylation is 1. The van der Waals surface area contributed by atoms with Crippen LogP contribution in [0.2, 0.25) is 5.02 Å². The maximum atomic E-state index is 11.9. The Labute approximate surface area is 130 Å². The lowest BCUT2D eigenvalue weighted by atomic mass is 10.1. The first kappa shape index (κ1) is 16.3. The molecule has 0 aromatic heterocycles. The highest BCUT2D eigenvalue weighted by molar-refractivity contribution is 6.31. The van der Waals surface area contributed by atoms with Crippen molar-refractivity contribution < 1.29 is 19.4 Å². The molecule has 5 heteroatoms. The molecule has 1 N–H and O–H groups in total. The number of rotatable bonds is 6. The molecule has 21 heavy (non-hydrogen) atoms. The fourth-order valence-corrected chi connectivity index (χ4v) is 2.88. The Hall–Kier alpha value is -1.10. The molecule has 1 aromatic rings. The molecule has 1 aromatic carbocycles. The Morgan fingerprint density at radius 1 is 1.38 bits per heavy atom. The molecule has 0 radical (unpaired) electrons. The summed E-state index contributed by atoms with van der Waals surface area (Å²) in [6, 6.07) is 7.50. The lowest BCUT2D eigenvalue weighted by molar-refractivity contribution is -0.231. The van der Waals surface area contributed by atoms with Gasteiger partial charge in [0.1, 0.15) is 0 Å². The van der Waals surface area contributed by atoms with Crippen LogP contribution in [-0.4, -0.2) is 30.1 Å². The number of benzene rings is 1. The molecule has 0 saturated heterocycles. The van der Waals surface area contributed by atoms with Gasteiger partial charge in [0, 0.05) is 17.9 Å². The van der Waals surface area contributed by atoms with E-state index in [4.69, 9.17) is 21.1 Å². The maximum Gasteiger partial charge on any atom is 0.335 e. The molecule has 4 nitrogen and oxygen atoms in total. The fourth-order valence-electron chi connectivity index (χ4n) is 2.65. The van der Waals surface area contributed by atoms with Crippen LogP contribution >= 0.6 is 11.6 Å². The summed E-state index contributed by atoms with van der Waals surface area (Å²) in [6.07, 6.45) is 3.20. The van der Waals surface area contributed by atoms with Crippen LogP contribution in [0.15, 0.2) is 24.3 Å². The normalized spacial score (nSPS) is 18.4. The molecule has 1 fully saturated rings. The van der Waals surface area contributed by atoms with Crippen molar-refractivity contribution in [2.45, 2.75) is 50.4 Å². The SMILES string of the molecule is COC(=O)C(CCc1ccccc1Cl)OC1(O)CCCC1. The van der Waals surface area contributed by atoms with Crippen molar-refractivity contribution in [3.05, 3.63) is 34.9 Å². The van der Waals surface area contributed by atoms with Crippen LogP contribution in [0.4, 0.5) is 0 Å². The van der Waals surface area contributed by atoms with E-state index in [-0.39, 0.29) is 0 Å². The van der Waals surface area contributed by atoms with Crippen LogP contribution in [0.1, 0.15) is 37.7 Å². The predicted molar refractivity (Wildman–Crippen MR) is 80.1 cm³/mol. The monoisotopic (exact) mass is 312 g/mol. The smallest absolute Gasteiger partial charge is 0.335 e. The zero-order valence-corrected chi connectivity index (χ0v) is 12.9. The molecule has 0 bridgehead atoms. The number of carbonyl (C=O) groups is 1. The summed E-state index contributed by atoms with van der Waals surface area (Å²) >= 11 is 6.11. The molecule has 0 heterocycles. The predicted octanol–water partition coefficient (Wildman–Crippen LogP) is 3.09. The van der Waals surface area contributed by atoms with Gasteiger partial charge in [0.15, 0.2) is 11.9 Å². The minimum absolute atomic E-state index is 0.429. The zero-order valence-electron chi connectivity index (χ0n) is 12.2. The van der Waals surface area contributed by atoms with Crippen LogP contribution in [-0.2, 0) is 20.7 Å². The number of aliphatic hydroxyl groups is 1. The molecule has 1 aliphatic rings. The minimum Gasteiger partial charge on any atom is -0.467 e. The molecule has 1 saturated carbocycles. The first-order valence-corrected chi connectivity index (χ1v) is 7.63. The molecule has 0 aliphatic heterocycles. The van der Waals surface area contributed by atoms with Crippen LogP contribution in [0.25, 0.3) is 0 Å². The number of hydrogen-bond acceptors (Lipinski definition) is 4. The van der Waals surface area contributed by atoms with E-state index in [1.165, 1.54) is 7.11 Å². The average molecular weight is 313 g/mol. The number of carbonyl (C=O) groups excluding carboxylic acids is 1. The highest BCUT2D eigenvalue weighted by Crippen LogP contribution is 2.32. The van der Waals surface area contributed by atoms with Crippen molar-refractivity contribution in [2.24, 2.45) is 0 Å². The highest BCUT2D eigenvalue weighted by Gasteiger charge is 2.37. The third-order valence-electron chi connectivity index (χ3n) is 3.84. The fraction of sp³-hybridized carbons (Fsp3) is 0.562. The van der Waals surface area contributed by atoms with Gasteiger partial charge < -0.3 is 14.6 Å². The Morgan fingerprint density at radius 2 is 2.05 bits per heavy atom. The van der Waals surface area contributed by atoms with Gasteiger partial charge in [-0.1, -0.05) is 29.8 Å². The Kier molecular flexibility index (Phi) is 5.62. The Balaban J connectivity index is 2.00. The van der Waals surface area contributed by atoms with Crippen LogP contribution in [0, 0.1) is 0 Å². The van der Waals surface area contributed by atoms with Crippen LogP contribution in [0.5, 0.6) is 0 Å². The number of halogens is 1. The summed E-state index contributed by atoms with van der Waals surface area (Å²) in [7, 11) is 1.33. The van der Waals surface area contributed by atoms with E-state index in [0.29, 0.717) is 30.7 Å². The molecule has 1 unspecified atom stereocenters. The number of ether oxygens (including phenoxy) is 2. The van der Waals surface area contributed by atoms with Crippen molar-refractivity contribution in [3.63, 3.8) is 0 Å². The molecule has 1 atom stereocenters. The first-order valence-electron chi connectivity index (χ1n) is 7.25. The van der Waals surface area contributed by atoms with Gasteiger partial charge in [-0.25, -0.2) is 4.79 Å². The summed E-state index contributed by atoms with van der Waals surface area (Å²) < 4.78 is 10.4. The van der Waals surface area contributed by atoms with Gasteiger partial charge in [-0.2, -0.15) is 0 Å². The van der Waals surface area contributed by atoms with E-state index in [2.05, 4.69) is 0 Å². The standard InChI is InChI=1S/C16H21ClO4/c1-20-15(18)14(21-16(19)10-4-5-11-16)9-8-12-6-2-3-7-13(12)17/h2-3,6-7,14,19H,4-5,8-11H2,1H3. The summed E-state index contributed by atoms with van der Waals surface area (Å²) in [5.41, 5.74) is 0.954. The summed E-state index contributed by atoms with van der Waals surface area (Å²) in [5.74, 6) is -1.65. The summed E-state index contributed by atoms with van der Waals surface area (Å²) in [5, 5.41) is 11.0. The molecule has 0 amide bonds. The number of hydrogen-bond donors (Lipinski definition) is 1. The maximum absolute atomic E-state index is 11.9. The average Bonchev–Trinajstić information content (AvgIpc) is 2.91. The van der Waals surface area contributed by atoms with E-state index in [9.17, 15) is 9.90 Å². The van der Waals surface area contributed by atoms with Crippen molar-refractivity contribution in [1.82, 2.24) is 0 Å². The van der Waals surface area contributed by atoms with Gasteiger partial charge in [0.25, 0.3) is 0 Å². The molecule has 0 spiro atoms. The van der Waals surface area contributed by atoms with Crippen LogP contribution in [0.3, 0.4) is 0 Å². The molecular formula is C16H21ClO4. The van der Waals surface area contributed by atoms with Crippen molar-refractivity contribution >= 4 is 17.6 Å². The minimum atomic E-state index is -1.20. The van der Waals surface area contributed by atoms with Crippen molar-refractivity contribution in [3.8, 4) is 0 Å². The van der Waals surface area contributed by atoms with Crippen LogP contribution < -0.4 is 0 Å². The van der Waals surface area contributed by atoms with Gasteiger partial charge in [-0.15, -0.1) is 0 Å². The Morgan fingerprint density at radius 3 is 2.67 bits per heavy atom. The third kappa shape index (κ3) is 4.43. The third-order valence-corrected chi connectivity index (χ3v) is 4.21. The zero-order chi connectivity index (χ0) is 15.3. The molecule has 1 aliphatic carbocycles. The Bertz CT molecular complexity index is 483. The van der Waals surface area contributed by atoms with Gasteiger partial charge in [0.05, 0.1) is 7.11 Å². The summed E-state index contributed by atoms with van der Waals surface area (Å²) in [6.45, 7) is 0. The van der Waals surface area contributed by atoms with Gasteiger partial charge in [0.2, 0.25) is 0 Å². The lowest BCUT2D eigenvalue weighted by Gasteiger charge is -2.27. The van der Waals surface area contributed by atoms with E-state index in [1.54, 1.807) is 0 Å². The van der Waals surface area contributed by atoms with E-state index in [1.807, 2.05) is 24.3 Å². The quantitative estimate of drug-likeness (QED) is 0.648.